The van der Waals surface area contributed by atoms with E-state index in [1.54, 1.807) is 26.6 Å². The molecule has 1 atom stereocenters. The van der Waals surface area contributed by atoms with Crippen LogP contribution in [-0.2, 0) is 0 Å². The van der Waals surface area contributed by atoms with E-state index in [9.17, 15) is 0 Å². The Morgan fingerprint density at radius 1 is 1.17 bits per heavy atom. The summed E-state index contributed by atoms with van der Waals surface area (Å²) in [5, 5.41) is 4.25. The summed E-state index contributed by atoms with van der Waals surface area (Å²) < 4.78 is 10.5. The monoisotopic (exact) mass is 340 g/mol. The third-order valence-electron chi connectivity index (χ3n) is 3.50. The van der Waals surface area contributed by atoms with Gasteiger partial charge in [-0.1, -0.05) is 18.3 Å². The van der Waals surface area contributed by atoms with E-state index in [2.05, 4.69) is 20.5 Å². The number of methoxy groups -OCH3 is 2. The molecular weight excluding hydrogens is 324 g/mol. The molecule has 0 amide bonds. The first-order chi connectivity index (χ1) is 11.7. The number of ether oxygens (including phenoxy) is 2. The highest BCUT2D eigenvalue weighted by atomic mass is 32.1. The zero-order valence-corrected chi connectivity index (χ0v) is 14.1. The molecule has 0 unspecified atom stereocenters. The first-order valence-electron chi connectivity index (χ1n) is 7.27. The van der Waals surface area contributed by atoms with Crippen LogP contribution in [0.25, 0.3) is 0 Å². The number of hydrazone groups is 1. The van der Waals surface area contributed by atoms with E-state index in [-0.39, 0.29) is 6.04 Å². The van der Waals surface area contributed by atoms with Crippen LogP contribution in [0.2, 0.25) is 0 Å². The van der Waals surface area contributed by atoms with Gasteiger partial charge in [-0.25, -0.2) is 0 Å². The number of pyridine rings is 1. The SMILES string of the molecule is COc1ccc(C=N[C@H]2C(=S)NN=C2c2ccccn2)cc1OC. The molecule has 1 N–H and O–H groups in total. The second kappa shape index (κ2) is 7.18. The lowest BCUT2D eigenvalue weighted by Gasteiger charge is -2.09. The summed E-state index contributed by atoms with van der Waals surface area (Å²) in [7, 11) is 3.20. The van der Waals surface area contributed by atoms with E-state index in [0.29, 0.717) is 22.2 Å². The van der Waals surface area contributed by atoms with Crippen molar-refractivity contribution >= 4 is 29.1 Å². The van der Waals surface area contributed by atoms with E-state index in [0.717, 1.165) is 11.3 Å². The second-order valence-electron chi connectivity index (χ2n) is 4.98. The second-order valence-corrected chi connectivity index (χ2v) is 5.42. The average Bonchev–Trinajstić information content (AvgIpc) is 3.01. The van der Waals surface area contributed by atoms with E-state index in [1.807, 2.05) is 36.4 Å². The number of thiocarbonyl (C=S) groups is 1. The molecule has 0 radical (unpaired) electrons. The minimum Gasteiger partial charge on any atom is -0.493 e. The van der Waals surface area contributed by atoms with E-state index in [1.165, 1.54) is 0 Å². The molecule has 122 valence electrons. The molecule has 0 spiro atoms. The van der Waals surface area contributed by atoms with Crippen LogP contribution >= 0.6 is 12.2 Å². The first kappa shape index (κ1) is 16.1. The van der Waals surface area contributed by atoms with Gasteiger partial charge >= 0.3 is 0 Å². The minimum atomic E-state index is -0.358. The van der Waals surface area contributed by atoms with Gasteiger partial charge in [0.15, 0.2) is 11.5 Å². The molecule has 2 aromatic rings. The van der Waals surface area contributed by atoms with E-state index >= 15 is 0 Å². The smallest absolute Gasteiger partial charge is 0.161 e. The first-order valence-corrected chi connectivity index (χ1v) is 7.68. The Bertz CT molecular complexity index is 805. The summed E-state index contributed by atoms with van der Waals surface area (Å²) >= 11 is 5.31. The highest BCUT2D eigenvalue weighted by Crippen LogP contribution is 2.27. The van der Waals surface area contributed by atoms with Crippen LogP contribution in [0.3, 0.4) is 0 Å². The lowest BCUT2D eigenvalue weighted by molar-refractivity contribution is 0.355. The largest absolute Gasteiger partial charge is 0.493 e. The molecule has 0 aliphatic carbocycles. The molecule has 1 aliphatic heterocycles. The highest BCUT2D eigenvalue weighted by molar-refractivity contribution is 7.80. The van der Waals surface area contributed by atoms with E-state index in [4.69, 9.17) is 21.7 Å². The third-order valence-corrected chi connectivity index (χ3v) is 3.82. The molecular formula is C17H16N4O2S. The number of nitrogens with zero attached hydrogens (tertiary/aromatic N) is 3. The van der Waals surface area contributed by atoms with Gasteiger partial charge in [-0.2, -0.15) is 5.10 Å². The molecule has 0 saturated carbocycles. The van der Waals surface area contributed by atoms with Crippen molar-refractivity contribution in [1.82, 2.24) is 10.4 Å². The Balaban J connectivity index is 1.85. The molecule has 2 heterocycles. The topological polar surface area (TPSA) is 68.1 Å². The van der Waals surface area contributed by atoms with Crippen LogP contribution in [0.15, 0.2) is 52.7 Å². The fourth-order valence-electron chi connectivity index (χ4n) is 2.31. The van der Waals surface area contributed by atoms with Gasteiger partial charge in [0.1, 0.15) is 16.7 Å². The Labute approximate surface area is 145 Å². The third kappa shape index (κ3) is 3.26. The predicted octanol–water partition coefficient (Wildman–Crippen LogP) is 2.22. The van der Waals surface area contributed by atoms with Gasteiger partial charge in [-0.3, -0.25) is 15.4 Å². The van der Waals surface area contributed by atoms with Gasteiger partial charge in [0.05, 0.1) is 19.9 Å². The molecule has 24 heavy (non-hydrogen) atoms. The summed E-state index contributed by atoms with van der Waals surface area (Å²) in [6, 6.07) is 10.9. The molecule has 1 aromatic heterocycles. The summed E-state index contributed by atoms with van der Waals surface area (Å²) in [6.45, 7) is 0. The van der Waals surface area contributed by atoms with Crippen LogP contribution in [0.4, 0.5) is 0 Å². The Morgan fingerprint density at radius 3 is 2.71 bits per heavy atom. The summed E-state index contributed by atoms with van der Waals surface area (Å²) in [5.41, 5.74) is 5.15. The van der Waals surface area contributed by atoms with Crippen LogP contribution in [0, 0.1) is 0 Å². The summed E-state index contributed by atoms with van der Waals surface area (Å²) in [6.07, 6.45) is 3.46. The van der Waals surface area contributed by atoms with Crippen molar-refractivity contribution in [2.24, 2.45) is 10.1 Å². The van der Waals surface area contributed by atoms with Crippen LogP contribution < -0.4 is 14.9 Å². The summed E-state index contributed by atoms with van der Waals surface area (Å²) in [4.78, 5) is 9.43. The average molecular weight is 340 g/mol. The van der Waals surface area contributed by atoms with Crippen molar-refractivity contribution in [2.45, 2.75) is 6.04 Å². The van der Waals surface area contributed by atoms with Crippen molar-refractivity contribution < 1.29 is 9.47 Å². The molecule has 1 aliphatic rings. The van der Waals surface area contributed by atoms with Crippen LogP contribution in [-0.4, -0.2) is 42.2 Å². The number of benzene rings is 1. The molecule has 3 rings (SSSR count). The maximum Gasteiger partial charge on any atom is 0.161 e. The quantitative estimate of drug-likeness (QED) is 0.668. The van der Waals surface area contributed by atoms with Gasteiger partial charge < -0.3 is 9.47 Å². The number of hydrogen-bond acceptors (Lipinski definition) is 6. The Kier molecular flexibility index (Phi) is 4.81. The fraction of sp³-hybridized carbons (Fsp3) is 0.176. The number of rotatable bonds is 5. The highest BCUT2D eigenvalue weighted by Gasteiger charge is 2.27. The molecule has 0 bridgehead atoms. The normalized spacial score (nSPS) is 16.8. The Morgan fingerprint density at radius 2 is 2.00 bits per heavy atom. The number of hydrogen-bond donors (Lipinski definition) is 1. The van der Waals surface area contributed by atoms with Crippen molar-refractivity contribution in [3.63, 3.8) is 0 Å². The van der Waals surface area contributed by atoms with Crippen LogP contribution in [0.1, 0.15) is 11.3 Å². The van der Waals surface area contributed by atoms with Gasteiger partial charge in [-0.15, -0.1) is 0 Å². The predicted molar refractivity (Wildman–Crippen MR) is 97.4 cm³/mol. The lowest BCUT2D eigenvalue weighted by atomic mass is 10.1. The van der Waals surface area contributed by atoms with Gasteiger partial charge in [0.2, 0.25) is 0 Å². The maximum absolute atomic E-state index is 5.31. The molecule has 1 aromatic carbocycles. The van der Waals surface area contributed by atoms with Crippen molar-refractivity contribution in [1.29, 1.82) is 0 Å². The minimum absolute atomic E-state index is 0.358. The molecule has 6 nitrogen and oxygen atoms in total. The van der Waals surface area contributed by atoms with Crippen LogP contribution in [0.5, 0.6) is 11.5 Å². The lowest BCUT2D eigenvalue weighted by Crippen LogP contribution is -2.26. The zero-order valence-electron chi connectivity index (χ0n) is 13.3. The maximum atomic E-state index is 5.31. The van der Waals surface area contributed by atoms with Gasteiger partial charge in [0, 0.05) is 12.4 Å². The number of aromatic nitrogens is 1. The van der Waals surface area contributed by atoms with Crippen molar-refractivity contribution in [3.8, 4) is 11.5 Å². The number of nitrogens with one attached hydrogen (secondary N) is 1. The van der Waals surface area contributed by atoms with Crippen molar-refractivity contribution in [3.05, 3.63) is 53.9 Å². The standard InChI is InChI=1S/C17H16N4O2S/c1-22-13-7-6-11(9-14(13)23-2)10-19-16-15(20-21-17(16)24)12-5-3-4-8-18-12/h3-10,16H,1-2H3,(H,21,24)/t16-/m1/s1. The zero-order chi connectivity index (χ0) is 16.9. The van der Waals surface area contributed by atoms with Gasteiger partial charge in [-0.05, 0) is 35.9 Å². The molecule has 0 fully saturated rings. The molecule has 0 saturated heterocycles. The fourth-order valence-corrected chi connectivity index (χ4v) is 2.52. The molecule has 7 heteroatoms. The van der Waals surface area contributed by atoms with E-state index < -0.39 is 0 Å². The van der Waals surface area contributed by atoms with Crippen molar-refractivity contribution in [2.75, 3.05) is 14.2 Å². The Hall–Kier alpha value is -2.80. The summed E-state index contributed by atoms with van der Waals surface area (Å²) in [5.74, 6) is 1.32. The van der Waals surface area contributed by atoms with Gasteiger partial charge in [0.25, 0.3) is 0 Å². The number of aliphatic imine (C=N–C) groups is 1.